The Hall–Kier alpha value is 0.217. The van der Waals surface area contributed by atoms with Crippen molar-refractivity contribution in [2.75, 3.05) is 0 Å². The van der Waals surface area contributed by atoms with Gasteiger partial charge in [-0.25, -0.2) is 0 Å². The summed E-state index contributed by atoms with van der Waals surface area (Å²) < 4.78 is 0. The number of hydrogen-bond acceptors (Lipinski definition) is 0. The molecule has 0 radical (unpaired) electrons. The Morgan fingerprint density at radius 2 is 1.60 bits per heavy atom. The van der Waals surface area contributed by atoms with E-state index in [1.54, 1.807) is 24.9 Å². The summed E-state index contributed by atoms with van der Waals surface area (Å²) in [4.78, 5) is 0. The van der Waals surface area contributed by atoms with Crippen molar-refractivity contribution < 1.29 is 0 Å². The van der Waals surface area contributed by atoms with Crippen LogP contribution in [0.1, 0.15) is 12.8 Å². The topological polar surface area (TPSA) is 0 Å². The normalized spacial score (nSPS) is 24.0. The molecule has 1 rings (SSSR count). The van der Waals surface area contributed by atoms with Crippen LogP contribution in [0.15, 0.2) is 0 Å². The van der Waals surface area contributed by atoms with Crippen molar-refractivity contribution in [2.24, 2.45) is 0 Å². The summed E-state index contributed by atoms with van der Waals surface area (Å²) in [6.45, 7) is 0. The predicted octanol–water partition coefficient (Wildman–Crippen LogP) is 0.786. The van der Waals surface area contributed by atoms with Crippen LogP contribution in [-0.2, 0) is 0 Å². The van der Waals surface area contributed by atoms with Gasteiger partial charge >= 0.3 is 0 Å². The molecule has 0 N–H and O–H groups in total. The van der Waals surface area contributed by atoms with Gasteiger partial charge in [-0.2, -0.15) is 0 Å². The monoisotopic (exact) mass is 86.1 g/mol. The fraction of sp³-hybridized carbons (Fsp3) is 1.00. The molecule has 0 atom stereocenters. The maximum absolute atomic E-state index is 1.64. The highest BCUT2D eigenvalue weighted by Gasteiger charge is 1.96. The van der Waals surface area contributed by atoms with Crippen LogP contribution in [0.3, 0.4) is 0 Å². The lowest BCUT2D eigenvalue weighted by atomic mass is 10.4. The maximum Gasteiger partial charge on any atom is 0.0197 e. The first kappa shape index (κ1) is 3.41. The summed E-state index contributed by atoms with van der Waals surface area (Å²) in [5.41, 5.74) is 0. The fourth-order valence-electron chi connectivity index (χ4n) is 0.884. The molecule has 0 bridgehead atoms. The Labute approximate surface area is 35.4 Å². The third-order valence-corrected chi connectivity index (χ3v) is 3.25. The van der Waals surface area contributed by atoms with Gasteiger partial charge in [-0.15, -0.1) is 0 Å². The fourth-order valence-corrected chi connectivity index (χ4v) is 2.65. The van der Waals surface area contributed by atoms with E-state index in [-0.39, 0.29) is 0 Å². The van der Waals surface area contributed by atoms with E-state index in [4.69, 9.17) is 0 Å². The molecule has 1 fully saturated rings. The maximum atomic E-state index is 1.64. The van der Waals surface area contributed by atoms with E-state index in [1.807, 2.05) is 0 Å². The van der Waals surface area contributed by atoms with E-state index in [0.717, 1.165) is 0 Å². The van der Waals surface area contributed by atoms with Crippen molar-refractivity contribution in [1.82, 2.24) is 0 Å². The molecule has 0 saturated carbocycles. The largest absolute Gasteiger partial charge is 0.0628 e. The molecule has 1 aliphatic rings. The van der Waals surface area contributed by atoms with Gasteiger partial charge in [-0.05, 0) is 0 Å². The minimum absolute atomic E-state index is 0.543. The van der Waals surface area contributed by atoms with Crippen molar-refractivity contribution in [3.8, 4) is 0 Å². The smallest absolute Gasteiger partial charge is 0.0197 e. The second kappa shape index (κ2) is 1.60. The van der Waals surface area contributed by atoms with Crippen LogP contribution in [0.4, 0.5) is 0 Å². The molecule has 0 unspecified atom stereocenters. The second-order valence-electron chi connectivity index (χ2n) is 1.77. The summed E-state index contributed by atoms with van der Waals surface area (Å²) >= 11 is 0. The summed E-state index contributed by atoms with van der Waals surface area (Å²) in [7, 11) is 0.543. The first-order chi connectivity index (χ1) is 2.50. The molecule has 1 aliphatic heterocycles. The average Bonchev–Trinajstić information content (AvgIpc) is 1.76. The third kappa shape index (κ3) is 0.761. The van der Waals surface area contributed by atoms with E-state index in [1.165, 1.54) is 0 Å². The van der Waals surface area contributed by atoms with Crippen molar-refractivity contribution in [3.63, 3.8) is 0 Å². The van der Waals surface area contributed by atoms with E-state index in [9.17, 15) is 0 Å². The van der Waals surface area contributed by atoms with Crippen LogP contribution in [0.5, 0.6) is 0 Å². The quantitative estimate of drug-likeness (QED) is 0.382. The van der Waals surface area contributed by atoms with E-state index in [2.05, 4.69) is 0 Å². The molecule has 0 aromatic carbocycles. The van der Waals surface area contributed by atoms with Gasteiger partial charge in [-0.1, -0.05) is 24.9 Å². The first-order valence-corrected chi connectivity index (χ1v) is 4.50. The van der Waals surface area contributed by atoms with Gasteiger partial charge < -0.3 is 0 Å². The molecule has 1 saturated heterocycles. The van der Waals surface area contributed by atoms with Gasteiger partial charge in [0.25, 0.3) is 0 Å². The molecule has 0 spiro atoms. The highest BCUT2D eigenvalue weighted by Crippen LogP contribution is 2.09. The van der Waals surface area contributed by atoms with Gasteiger partial charge in [0.1, 0.15) is 0 Å². The molecule has 0 aromatic rings. The molecule has 0 amide bonds. The molecular weight excluding hydrogens is 76.1 g/mol. The van der Waals surface area contributed by atoms with Gasteiger partial charge in [-0.3, -0.25) is 0 Å². The van der Waals surface area contributed by atoms with Crippen LogP contribution in [0, 0.1) is 0 Å². The summed E-state index contributed by atoms with van der Waals surface area (Å²) in [6, 6.07) is 3.28. The van der Waals surface area contributed by atoms with Crippen molar-refractivity contribution in [1.29, 1.82) is 0 Å². The van der Waals surface area contributed by atoms with Gasteiger partial charge in [0.05, 0.1) is 0 Å². The minimum atomic E-state index is 0.543. The third-order valence-electron chi connectivity index (χ3n) is 1.25. The number of hydrogen-bond donors (Lipinski definition) is 0. The number of rotatable bonds is 0. The second-order valence-corrected chi connectivity index (χ2v) is 3.89. The summed E-state index contributed by atoms with van der Waals surface area (Å²) in [5, 5.41) is 0. The van der Waals surface area contributed by atoms with Crippen LogP contribution < -0.4 is 0 Å². The molecular formula is C4H10Si. The summed E-state index contributed by atoms with van der Waals surface area (Å²) in [5.74, 6) is 0. The van der Waals surface area contributed by atoms with Crippen molar-refractivity contribution >= 4 is 9.52 Å². The SMILES string of the molecule is C1CC[SiH2]C1. The zero-order valence-electron chi connectivity index (χ0n) is 3.54. The molecule has 5 heavy (non-hydrogen) atoms. The lowest BCUT2D eigenvalue weighted by molar-refractivity contribution is 0.935. The lowest BCUT2D eigenvalue weighted by Gasteiger charge is -1.68. The van der Waals surface area contributed by atoms with Crippen LogP contribution in [0.25, 0.3) is 0 Å². The Balaban J connectivity index is 2.08. The minimum Gasteiger partial charge on any atom is -0.0628 e. The summed E-state index contributed by atoms with van der Waals surface area (Å²) in [6.07, 6.45) is 3.12. The zero-order chi connectivity index (χ0) is 3.54. The Morgan fingerprint density at radius 1 is 1.00 bits per heavy atom. The molecule has 30 valence electrons. The van der Waals surface area contributed by atoms with E-state index in [0.29, 0.717) is 9.52 Å². The Morgan fingerprint density at radius 3 is 1.80 bits per heavy atom. The Kier molecular flexibility index (Phi) is 1.09. The van der Waals surface area contributed by atoms with Crippen molar-refractivity contribution in [2.45, 2.75) is 24.9 Å². The molecule has 0 nitrogen and oxygen atoms in total. The molecule has 0 aromatic heterocycles. The van der Waals surface area contributed by atoms with Crippen LogP contribution in [0.2, 0.25) is 12.1 Å². The van der Waals surface area contributed by atoms with Gasteiger partial charge in [0.2, 0.25) is 0 Å². The van der Waals surface area contributed by atoms with Gasteiger partial charge in [0, 0.05) is 9.52 Å². The first-order valence-electron chi connectivity index (χ1n) is 2.50. The molecule has 0 aliphatic carbocycles. The zero-order valence-corrected chi connectivity index (χ0v) is 4.95. The lowest BCUT2D eigenvalue weighted by Crippen LogP contribution is -1.68. The highest BCUT2D eigenvalue weighted by molar-refractivity contribution is 6.36. The van der Waals surface area contributed by atoms with Crippen molar-refractivity contribution in [3.05, 3.63) is 0 Å². The van der Waals surface area contributed by atoms with Crippen LogP contribution in [-0.4, -0.2) is 9.52 Å². The van der Waals surface area contributed by atoms with E-state index >= 15 is 0 Å². The van der Waals surface area contributed by atoms with Gasteiger partial charge in [0.15, 0.2) is 0 Å². The molecule has 1 heteroatoms. The average molecular weight is 86.2 g/mol. The predicted molar refractivity (Wildman–Crippen MR) is 27.4 cm³/mol. The highest BCUT2D eigenvalue weighted by atomic mass is 28.2. The Bertz CT molecular complexity index is 15.2. The molecule has 1 heterocycles. The van der Waals surface area contributed by atoms with E-state index < -0.39 is 0 Å². The standard InChI is InChI=1S/C4H10Si/c1-2-4-5-3-1/h1-5H2. The van der Waals surface area contributed by atoms with Crippen LogP contribution >= 0.6 is 0 Å².